The lowest BCUT2D eigenvalue weighted by molar-refractivity contribution is -0.143. The Labute approximate surface area is 205 Å². The van der Waals surface area contributed by atoms with Gasteiger partial charge in [-0.3, -0.25) is 19.4 Å². The van der Waals surface area contributed by atoms with Crippen molar-refractivity contribution >= 4 is 18.0 Å². The zero-order valence-corrected chi connectivity index (χ0v) is 19.7. The summed E-state index contributed by atoms with van der Waals surface area (Å²) >= 11 is 0. The van der Waals surface area contributed by atoms with E-state index in [1.807, 2.05) is 23.1 Å². The van der Waals surface area contributed by atoms with Gasteiger partial charge in [0.15, 0.2) is 0 Å². The van der Waals surface area contributed by atoms with E-state index in [4.69, 9.17) is 14.9 Å². The van der Waals surface area contributed by atoms with Crippen LogP contribution in [0.25, 0.3) is 0 Å². The van der Waals surface area contributed by atoms with Gasteiger partial charge in [-0.2, -0.15) is 0 Å². The topological polar surface area (TPSA) is 107 Å². The number of hydrogen-bond acceptors (Lipinski definition) is 5. The van der Waals surface area contributed by atoms with Crippen LogP contribution in [0.3, 0.4) is 0 Å². The Morgan fingerprint density at radius 2 is 1.49 bits per heavy atom. The normalized spacial score (nSPS) is 24.5. The predicted octanol–water partition coefficient (Wildman–Crippen LogP) is 3.80. The fraction of sp³-hybridized carbons (Fsp3) is 0.444. The molecule has 2 aromatic rings. The molecule has 1 unspecified atom stereocenters. The smallest absolute Gasteiger partial charge is 0.410 e. The fourth-order valence-corrected chi connectivity index (χ4v) is 5.21. The molecule has 2 aromatic carbocycles. The van der Waals surface area contributed by atoms with Crippen LogP contribution in [0.2, 0.25) is 0 Å². The van der Waals surface area contributed by atoms with Crippen molar-refractivity contribution in [3.8, 4) is 0 Å². The van der Waals surface area contributed by atoms with Crippen LogP contribution in [-0.2, 0) is 20.7 Å². The van der Waals surface area contributed by atoms with E-state index < -0.39 is 11.9 Å². The second-order valence-electron chi connectivity index (χ2n) is 9.30. The Hall–Kier alpha value is -3.39. The van der Waals surface area contributed by atoms with Crippen LogP contribution in [0.5, 0.6) is 0 Å². The lowest BCUT2D eigenvalue weighted by Crippen LogP contribution is -2.53. The molecule has 4 aliphatic heterocycles. The SMILES string of the molecule is O=C(O)CCC(=O)O.O=C(OC1CN2CCC1CC2)N1CCc2ccccc2[C@@H]1c1ccccc1. The van der Waals surface area contributed by atoms with Crippen LogP contribution in [0.15, 0.2) is 54.6 Å². The van der Waals surface area contributed by atoms with Gasteiger partial charge in [-0.05, 0) is 55.0 Å². The maximum absolute atomic E-state index is 13.2. The number of benzene rings is 2. The number of fused-ring (bicyclic) bond motifs is 4. The highest BCUT2D eigenvalue weighted by atomic mass is 16.6. The summed E-state index contributed by atoms with van der Waals surface area (Å²) in [5.74, 6) is -1.62. The lowest BCUT2D eigenvalue weighted by Gasteiger charge is -2.45. The Morgan fingerprint density at radius 1 is 0.857 bits per heavy atom. The number of carboxylic acid groups (broad SMARTS) is 2. The molecule has 8 nitrogen and oxygen atoms in total. The van der Waals surface area contributed by atoms with Gasteiger partial charge in [0.2, 0.25) is 0 Å². The van der Waals surface area contributed by atoms with Gasteiger partial charge in [0, 0.05) is 13.1 Å². The summed E-state index contributed by atoms with van der Waals surface area (Å²) < 4.78 is 6.08. The zero-order valence-electron chi connectivity index (χ0n) is 19.7. The molecule has 2 atom stereocenters. The van der Waals surface area contributed by atoms with Crippen molar-refractivity contribution in [1.29, 1.82) is 0 Å². The summed E-state index contributed by atoms with van der Waals surface area (Å²) in [6.07, 6.45) is 2.50. The molecule has 35 heavy (non-hydrogen) atoms. The monoisotopic (exact) mass is 480 g/mol. The Bertz CT molecular complexity index is 1020. The first-order valence-corrected chi connectivity index (χ1v) is 12.2. The number of rotatable bonds is 5. The van der Waals surface area contributed by atoms with E-state index in [9.17, 15) is 14.4 Å². The molecular formula is C27H32N2O6. The van der Waals surface area contributed by atoms with E-state index in [1.165, 1.54) is 11.1 Å². The zero-order chi connectivity index (χ0) is 24.8. The molecule has 1 amide bonds. The molecule has 2 bridgehead atoms. The van der Waals surface area contributed by atoms with Crippen molar-refractivity contribution in [2.45, 2.75) is 44.2 Å². The highest BCUT2D eigenvalue weighted by Gasteiger charge is 2.39. The van der Waals surface area contributed by atoms with Crippen molar-refractivity contribution < 1.29 is 29.3 Å². The molecule has 8 heteroatoms. The Kier molecular flexibility index (Phi) is 8.02. The summed E-state index contributed by atoms with van der Waals surface area (Å²) in [5, 5.41) is 15.8. The van der Waals surface area contributed by atoms with E-state index in [0.717, 1.165) is 44.5 Å². The molecule has 6 rings (SSSR count). The number of carbonyl (C=O) groups excluding carboxylic acids is 1. The van der Waals surface area contributed by atoms with Crippen LogP contribution < -0.4 is 0 Å². The van der Waals surface area contributed by atoms with Gasteiger partial charge in [-0.25, -0.2) is 4.79 Å². The molecule has 0 aromatic heterocycles. The number of amides is 1. The van der Waals surface area contributed by atoms with E-state index in [1.54, 1.807) is 0 Å². The highest BCUT2D eigenvalue weighted by molar-refractivity contribution is 5.75. The fourth-order valence-electron chi connectivity index (χ4n) is 5.21. The molecule has 0 saturated carbocycles. The van der Waals surface area contributed by atoms with Gasteiger partial charge >= 0.3 is 18.0 Å². The Balaban J connectivity index is 0.000000314. The van der Waals surface area contributed by atoms with Gasteiger partial charge in [-0.15, -0.1) is 0 Å². The summed E-state index contributed by atoms with van der Waals surface area (Å²) in [7, 11) is 0. The lowest BCUT2D eigenvalue weighted by atomic mass is 9.86. The van der Waals surface area contributed by atoms with Gasteiger partial charge in [-0.1, -0.05) is 54.6 Å². The molecule has 3 saturated heterocycles. The van der Waals surface area contributed by atoms with Crippen LogP contribution in [-0.4, -0.2) is 70.3 Å². The first-order valence-electron chi connectivity index (χ1n) is 12.2. The maximum atomic E-state index is 13.2. The van der Waals surface area contributed by atoms with Crippen LogP contribution in [0.1, 0.15) is 48.4 Å². The molecule has 3 fully saturated rings. The average molecular weight is 481 g/mol. The third-order valence-corrected chi connectivity index (χ3v) is 7.03. The molecule has 2 N–H and O–H groups in total. The van der Waals surface area contributed by atoms with Crippen molar-refractivity contribution in [2.24, 2.45) is 5.92 Å². The standard InChI is InChI=1S/C23H26N2O2.C4H6O4/c26-23(27-21-16-24-13-10-18(21)11-14-24)25-15-12-17-6-4-5-9-20(17)22(25)19-7-2-1-3-8-19;5-3(6)1-2-4(7)8/h1-9,18,21-22H,10-16H2;1-2H2,(H,5,6)(H,7,8)/t21?,22-;/m0./s1. The van der Waals surface area contributed by atoms with Crippen molar-refractivity contribution in [1.82, 2.24) is 9.80 Å². The number of carbonyl (C=O) groups is 3. The van der Waals surface area contributed by atoms with Gasteiger partial charge < -0.3 is 14.9 Å². The maximum Gasteiger partial charge on any atom is 0.410 e. The number of ether oxygens (including phenoxy) is 1. The summed E-state index contributed by atoms with van der Waals surface area (Å²) in [4.78, 5) is 36.9. The van der Waals surface area contributed by atoms with Gasteiger partial charge in [0.05, 0.1) is 18.9 Å². The van der Waals surface area contributed by atoms with E-state index in [0.29, 0.717) is 12.5 Å². The van der Waals surface area contributed by atoms with E-state index in [-0.39, 0.29) is 31.1 Å². The quantitative estimate of drug-likeness (QED) is 0.670. The highest BCUT2D eigenvalue weighted by Crippen LogP contribution is 2.36. The van der Waals surface area contributed by atoms with Crippen molar-refractivity contribution in [2.75, 3.05) is 26.2 Å². The molecule has 4 aliphatic rings. The number of aliphatic carboxylic acids is 2. The number of hydrogen-bond donors (Lipinski definition) is 2. The van der Waals surface area contributed by atoms with Crippen LogP contribution >= 0.6 is 0 Å². The van der Waals surface area contributed by atoms with Crippen molar-refractivity contribution in [3.05, 3.63) is 71.3 Å². The van der Waals surface area contributed by atoms with Crippen LogP contribution in [0, 0.1) is 5.92 Å². The number of nitrogens with zero attached hydrogens (tertiary/aromatic N) is 2. The van der Waals surface area contributed by atoms with Crippen LogP contribution in [0.4, 0.5) is 4.79 Å². The van der Waals surface area contributed by atoms with Gasteiger partial charge in [0.1, 0.15) is 6.10 Å². The first kappa shape index (κ1) is 24.7. The minimum Gasteiger partial charge on any atom is -0.481 e. The molecule has 186 valence electrons. The molecular weight excluding hydrogens is 448 g/mol. The molecule has 0 aliphatic carbocycles. The minimum atomic E-state index is -1.08. The minimum absolute atomic E-state index is 0.0496. The predicted molar refractivity (Wildman–Crippen MR) is 129 cm³/mol. The second kappa shape index (κ2) is 11.4. The summed E-state index contributed by atoms with van der Waals surface area (Å²) in [6, 6.07) is 18.8. The first-order chi connectivity index (χ1) is 16.9. The molecule has 0 spiro atoms. The Morgan fingerprint density at radius 3 is 2.09 bits per heavy atom. The second-order valence-corrected chi connectivity index (χ2v) is 9.30. The third kappa shape index (κ3) is 6.19. The average Bonchev–Trinajstić information content (AvgIpc) is 2.88. The summed E-state index contributed by atoms with van der Waals surface area (Å²) in [5.41, 5.74) is 3.70. The summed E-state index contributed by atoms with van der Waals surface area (Å²) in [6.45, 7) is 3.91. The molecule has 4 heterocycles. The van der Waals surface area contributed by atoms with E-state index in [2.05, 4.69) is 41.3 Å². The number of piperidine rings is 3. The van der Waals surface area contributed by atoms with Gasteiger partial charge in [0.25, 0.3) is 0 Å². The largest absolute Gasteiger partial charge is 0.481 e. The van der Waals surface area contributed by atoms with Crippen molar-refractivity contribution in [3.63, 3.8) is 0 Å². The number of carboxylic acids is 2. The third-order valence-electron chi connectivity index (χ3n) is 7.03. The molecule has 0 radical (unpaired) electrons. The van der Waals surface area contributed by atoms with E-state index >= 15 is 0 Å².